The molecule has 0 atom stereocenters. The molecular formula is C22H28N3O2S+. The molecule has 0 aliphatic carbocycles. The normalized spacial score (nSPS) is 11.2. The molecule has 6 heteroatoms. The summed E-state index contributed by atoms with van der Waals surface area (Å²) in [4.78, 5) is 21.4. The summed E-state index contributed by atoms with van der Waals surface area (Å²) in [6, 6.07) is 13.6. The third kappa shape index (κ3) is 4.51. The fourth-order valence-electron chi connectivity index (χ4n) is 3.23. The zero-order valence-corrected chi connectivity index (χ0v) is 17.8. The second kappa shape index (κ2) is 9.17. The summed E-state index contributed by atoms with van der Waals surface area (Å²) in [6.45, 7) is 9.97. The lowest BCUT2D eigenvalue weighted by molar-refractivity contribution is -0.894. The van der Waals surface area contributed by atoms with Gasteiger partial charge in [-0.15, -0.1) is 0 Å². The third-order valence-corrected chi connectivity index (χ3v) is 6.07. The van der Waals surface area contributed by atoms with E-state index >= 15 is 0 Å². The molecule has 0 fully saturated rings. The molecule has 0 radical (unpaired) electrons. The Kier molecular flexibility index (Phi) is 6.65. The number of benzene rings is 2. The zero-order valence-electron chi connectivity index (χ0n) is 17.0. The predicted octanol–water partition coefficient (Wildman–Crippen LogP) is 3.18. The number of nitrogens with zero attached hydrogens (tertiary/aromatic N) is 2. The van der Waals surface area contributed by atoms with Crippen LogP contribution in [-0.4, -0.2) is 44.2 Å². The maximum atomic E-state index is 13.3. The first-order chi connectivity index (χ1) is 13.5. The number of carbonyl (C=O) groups is 1. The van der Waals surface area contributed by atoms with E-state index in [1.165, 1.54) is 4.90 Å². The maximum Gasteiger partial charge on any atom is 0.260 e. The molecule has 5 nitrogen and oxygen atoms in total. The molecule has 28 heavy (non-hydrogen) atoms. The van der Waals surface area contributed by atoms with Gasteiger partial charge in [0, 0.05) is 11.6 Å². The van der Waals surface area contributed by atoms with Crippen molar-refractivity contribution < 1.29 is 14.4 Å². The number of rotatable bonds is 8. The molecule has 3 aromatic rings. The van der Waals surface area contributed by atoms with Crippen LogP contribution >= 0.6 is 11.3 Å². The lowest BCUT2D eigenvalue weighted by Crippen LogP contribution is -3.12. The van der Waals surface area contributed by atoms with Gasteiger partial charge < -0.3 is 9.64 Å². The van der Waals surface area contributed by atoms with Gasteiger partial charge in [0.15, 0.2) is 5.13 Å². The number of fused-ring (bicyclic) bond motifs is 1. The average Bonchev–Trinajstić information content (AvgIpc) is 3.13. The van der Waals surface area contributed by atoms with Crippen LogP contribution in [0.1, 0.15) is 29.8 Å². The monoisotopic (exact) mass is 398 g/mol. The quantitative estimate of drug-likeness (QED) is 0.634. The highest BCUT2D eigenvalue weighted by atomic mass is 32.1. The summed E-state index contributed by atoms with van der Waals surface area (Å²) in [5, 5.41) is 0.737. The number of hydrogen-bond donors (Lipinski definition) is 1. The van der Waals surface area contributed by atoms with E-state index < -0.39 is 0 Å². The number of carbonyl (C=O) groups excluding carboxylic acids is 1. The van der Waals surface area contributed by atoms with Gasteiger partial charge in [0.05, 0.1) is 43.5 Å². The van der Waals surface area contributed by atoms with E-state index in [1.807, 2.05) is 54.3 Å². The Hall–Kier alpha value is -2.44. The maximum absolute atomic E-state index is 13.3. The van der Waals surface area contributed by atoms with Crippen molar-refractivity contribution in [3.05, 3.63) is 53.6 Å². The number of aryl methyl sites for hydroxylation is 1. The Labute approximate surface area is 170 Å². The van der Waals surface area contributed by atoms with E-state index in [4.69, 9.17) is 9.72 Å². The Bertz CT molecular complexity index is 950. The number of methoxy groups -OCH3 is 1. The molecule has 148 valence electrons. The first kappa shape index (κ1) is 20.3. The topological polar surface area (TPSA) is 46.9 Å². The van der Waals surface area contributed by atoms with Gasteiger partial charge in [-0.3, -0.25) is 9.69 Å². The first-order valence-corrected chi connectivity index (χ1v) is 10.5. The summed E-state index contributed by atoms with van der Waals surface area (Å²) in [5.41, 5.74) is 2.64. The molecule has 1 heterocycles. The van der Waals surface area contributed by atoms with E-state index in [9.17, 15) is 4.79 Å². The molecule has 0 spiro atoms. The van der Waals surface area contributed by atoms with Crippen LogP contribution in [-0.2, 0) is 0 Å². The van der Waals surface area contributed by atoms with Gasteiger partial charge >= 0.3 is 0 Å². The van der Waals surface area contributed by atoms with E-state index in [1.54, 1.807) is 18.4 Å². The van der Waals surface area contributed by atoms with Gasteiger partial charge in [-0.2, -0.15) is 0 Å². The molecule has 1 amide bonds. The Balaban J connectivity index is 1.96. The van der Waals surface area contributed by atoms with Crippen LogP contribution in [0.15, 0.2) is 42.5 Å². The minimum Gasteiger partial charge on any atom is -0.497 e. The summed E-state index contributed by atoms with van der Waals surface area (Å²) in [5.74, 6) is 0.773. The van der Waals surface area contributed by atoms with E-state index in [2.05, 4.69) is 13.8 Å². The van der Waals surface area contributed by atoms with Gasteiger partial charge in [-0.25, -0.2) is 4.98 Å². The minimum atomic E-state index is 0.00118. The van der Waals surface area contributed by atoms with E-state index in [-0.39, 0.29) is 5.91 Å². The smallest absolute Gasteiger partial charge is 0.260 e. The molecule has 3 rings (SSSR count). The number of nitrogens with one attached hydrogen (secondary N) is 1. The Morgan fingerprint density at radius 3 is 2.64 bits per heavy atom. The molecule has 0 aliphatic rings. The standard InChI is InChI=1S/C22H27N3O2S/c1-5-24(6-2)12-13-25(21(26)17-9-7-8-16(3)14-17)22-23-19-15-18(27-4)10-11-20(19)28-22/h7-11,14-15H,5-6,12-13H2,1-4H3/p+1. The van der Waals surface area contributed by atoms with Crippen molar-refractivity contribution in [2.24, 2.45) is 0 Å². The number of ether oxygens (including phenoxy) is 1. The van der Waals surface area contributed by atoms with Gasteiger partial charge in [0.2, 0.25) is 0 Å². The second-order valence-corrected chi connectivity index (χ2v) is 7.87. The van der Waals surface area contributed by atoms with Gasteiger partial charge in [0.1, 0.15) is 5.75 Å². The minimum absolute atomic E-state index is 0.00118. The molecule has 0 bridgehead atoms. The van der Waals surface area contributed by atoms with Crippen molar-refractivity contribution in [1.82, 2.24) is 4.98 Å². The van der Waals surface area contributed by atoms with Gasteiger partial charge in [0.25, 0.3) is 5.91 Å². The van der Waals surface area contributed by atoms with Gasteiger partial charge in [-0.1, -0.05) is 29.0 Å². The highest BCUT2D eigenvalue weighted by Gasteiger charge is 2.23. The molecule has 0 unspecified atom stereocenters. The van der Waals surface area contributed by atoms with Crippen molar-refractivity contribution >= 4 is 32.6 Å². The molecule has 2 aromatic carbocycles. The number of anilines is 1. The fraction of sp³-hybridized carbons (Fsp3) is 0.364. The zero-order chi connectivity index (χ0) is 20.1. The summed E-state index contributed by atoms with van der Waals surface area (Å²) >= 11 is 1.55. The molecular weight excluding hydrogens is 370 g/mol. The highest BCUT2D eigenvalue weighted by Crippen LogP contribution is 2.31. The number of quaternary nitrogens is 1. The van der Waals surface area contributed by atoms with Crippen LogP contribution < -0.4 is 14.5 Å². The molecule has 0 saturated heterocycles. The first-order valence-electron chi connectivity index (χ1n) is 9.72. The molecule has 0 aliphatic heterocycles. The van der Waals surface area contributed by atoms with Crippen molar-refractivity contribution in [2.45, 2.75) is 20.8 Å². The SMILES string of the molecule is CC[NH+](CC)CCN(C(=O)c1cccc(C)c1)c1nc2cc(OC)ccc2s1. The Morgan fingerprint density at radius 1 is 1.18 bits per heavy atom. The molecule has 1 N–H and O–H groups in total. The number of likely N-dealkylation sites (N-methyl/N-ethyl adjacent to an activating group) is 1. The highest BCUT2D eigenvalue weighted by molar-refractivity contribution is 7.22. The van der Waals surface area contributed by atoms with Crippen molar-refractivity contribution in [2.75, 3.05) is 38.2 Å². The average molecular weight is 399 g/mol. The lowest BCUT2D eigenvalue weighted by atomic mass is 10.1. The van der Waals surface area contributed by atoms with E-state index in [0.29, 0.717) is 12.1 Å². The second-order valence-electron chi connectivity index (χ2n) is 6.86. The van der Waals surface area contributed by atoms with E-state index in [0.717, 1.165) is 46.3 Å². The number of aromatic nitrogens is 1. The fourth-order valence-corrected chi connectivity index (χ4v) is 4.20. The number of hydrogen-bond acceptors (Lipinski definition) is 4. The molecule has 1 aromatic heterocycles. The lowest BCUT2D eigenvalue weighted by Gasteiger charge is -2.23. The third-order valence-electron chi connectivity index (χ3n) is 5.01. The van der Waals surface area contributed by atoms with Gasteiger partial charge in [-0.05, 0) is 45.0 Å². The molecule has 0 saturated carbocycles. The predicted molar refractivity (Wildman–Crippen MR) is 116 cm³/mol. The van der Waals surface area contributed by atoms with Crippen LogP contribution in [0.3, 0.4) is 0 Å². The number of amides is 1. The van der Waals surface area contributed by atoms with Crippen molar-refractivity contribution in [1.29, 1.82) is 0 Å². The van der Waals surface area contributed by atoms with Crippen LogP contribution in [0.4, 0.5) is 5.13 Å². The van der Waals surface area contributed by atoms with Crippen molar-refractivity contribution in [3.63, 3.8) is 0 Å². The Morgan fingerprint density at radius 2 is 1.96 bits per heavy atom. The van der Waals surface area contributed by atoms with Crippen LogP contribution in [0.5, 0.6) is 5.75 Å². The number of thiazole rings is 1. The summed E-state index contributed by atoms with van der Waals surface area (Å²) in [7, 11) is 1.65. The largest absolute Gasteiger partial charge is 0.497 e. The van der Waals surface area contributed by atoms with Crippen molar-refractivity contribution in [3.8, 4) is 5.75 Å². The van der Waals surface area contributed by atoms with Crippen LogP contribution in [0.2, 0.25) is 0 Å². The van der Waals surface area contributed by atoms with Crippen LogP contribution in [0, 0.1) is 6.92 Å². The van der Waals surface area contributed by atoms with Crippen LogP contribution in [0.25, 0.3) is 10.2 Å². The summed E-state index contributed by atoms with van der Waals surface area (Å²) < 4.78 is 6.36. The summed E-state index contributed by atoms with van der Waals surface area (Å²) in [6.07, 6.45) is 0.